The van der Waals surface area contributed by atoms with Crippen molar-refractivity contribution in [3.05, 3.63) is 40.8 Å². The topological polar surface area (TPSA) is 81.0 Å². The molecule has 82 valence electrons. The fourth-order valence-corrected chi connectivity index (χ4v) is 1.39. The van der Waals surface area contributed by atoms with Crippen molar-refractivity contribution in [2.24, 2.45) is 0 Å². The Kier molecular flexibility index (Phi) is 2.59. The third-order valence-electron chi connectivity index (χ3n) is 2.19. The number of nitrogens with two attached hydrogens (primary N) is 1. The number of benzene rings is 1. The van der Waals surface area contributed by atoms with Crippen LogP contribution in [0.2, 0.25) is 0 Å². The summed E-state index contributed by atoms with van der Waals surface area (Å²) >= 11 is 0. The minimum Gasteiger partial charge on any atom is -0.497 e. The maximum atomic E-state index is 11.1. The second kappa shape index (κ2) is 4.06. The number of hydrogen-bond acceptors (Lipinski definition) is 4. The monoisotopic (exact) mass is 217 g/mol. The Morgan fingerprint density at radius 2 is 2.19 bits per heavy atom. The maximum absolute atomic E-state index is 11.1. The molecule has 1 aromatic carbocycles. The number of aromatic amines is 1. The number of aromatic nitrogens is 2. The SMILES string of the molecule is COc1ccc(-c2nccc(=O)[nH]2)c(N)c1. The van der Waals surface area contributed by atoms with Gasteiger partial charge in [0.05, 0.1) is 7.11 Å². The van der Waals surface area contributed by atoms with Gasteiger partial charge in [0.1, 0.15) is 11.6 Å². The third-order valence-corrected chi connectivity index (χ3v) is 2.19. The van der Waals surface area contributed by atoms with Crippen LogP contribution in [-0.4, -0.2) is 17.1 Å². The lowest BCUT2D eigenvalue weighted by Gasteiger charge is -2.06. The molecule has 0 radical (unpaired) electrons. The quantitative estimate of drug-likeness (QED) is 0.736. The average molecular weight is 217 g/mol. The van der Waals surface area contributed by atoms with Crippen LogP contribution in [0.4, 0.5) is 5.69 Å². The number of ether oxygens (including phenoxy) is 1. The minimum absolute atomic E-state index is 0.208. The summed E-state index contributed by atoms with van der Waals surface area (Å²) in [7, 11) is 1.57. The van der Waals surface area contributed by atoms with Crippen LogP contribution in [0.15, 0.2) is 35.3 Å². The van der Waals surface area contributed by atoms with Crippen LogP contribution in [0.5, 0.6) is 5.75 Å². The number of rotatable bonds is 2. The zero-order chi connectivity index (χ0) is 11.5. The molecule has 0 aliphatic carbocycles. The molecule has 0 saturated heterocycles. The number of hydrogen-bond donors (Lipinski definition) is 2. The molecule has 0 aliphatic heterocycles. The maximum Gasteiger partial charge on any atom is 0.251 e. The van der Waals surface area contributed by atoms with Crippen molar-refractivity contribution in [3.8, 4) is 17.1 Å². The highest BCUT2D eigenvalue weighted by molar-refractivity contribution is 5.72. The van der Waals surface area contributed by atoms with Crippen molar-refractivity contribution in [1.82, 2.24) is 9.97 Å². The third kappa shape index (κ3) is 1.88. The molecule has 2 aromatic rings. The standard InChI is InChI=1S/C11H11N3O2/c1-16-7-2-3-8(9(12)6-7)11-13-5-4-10(15)14-11/h2-6H,12H2,1H3,(H,13,14,15). The van der Waals surface area contributed by atoms with Crippen molar-refractivity contribution >= 4 is 5.69 Å². The zero-order valence-corrected chi connectivity index (χ0v) is 8.73. The van der Waals surface area contributed by atoms with Gasteiger partial charge in [-0.05, 0) is 12.1 Å². The fraction of sp³-hybridized carbons (Fsp3) is 0.0909. The molecular formula is C11H11N3O2. The van der Waals surface area contributed by atoms with Crippen LogP contribution in [0.1, 0.15) is 0 Å². The van der Waals surface area contributed by atoms with E-state index in [1.807, 2.05) is 0 Å². The smallest absolute Gasteiger partial charge is 0.251 e. The van der Waals surface area contributed by atoms with Crippen molar-refractivity contribution in [2.45, 2.75) is 0 Å². The normalized spacial score (nSPS) is 10.1. The lowest BCUT2D eigenvalue weighted by molar-refractivity contribution is 0.415. The number of nitrogen functional groups attached to an aromatic ring is 1. The molecular weight excluding hydrogens is 206 g/mol. The fourth-order valence-electron chi connectivity index (χ4n) is 1.39. The molecule has 3 N–H and O–H groups in total. The molecule has 0 fully saturated rings. The summed E-state index contributed by atoms with van der Waals surface area (Å²) in [4.78, 5) is 17.8. The van der Waals surface area contributed by atoms with Gasteiger partial charge in [-0.1, -0.05) is 0 Å². The number of H-pyrrole nitrogens is 1. The molecule has 5 nitrogen and oxygen atoms in total. The summed E-state index contributed by atoms with van der Waals surface area (Å²) in [6, 6.07) is 6.55. The Morgan fingerprint density at radius 1 is 1.38 bits per heavy atom. The van der Waals surface area contributed by atoms with E-state index in [0.29, 0.717) is 22.8 Å². The average Bonchev–Trinajstić information content (AvgIpc) is 2.28. The van der Waals surface area contributed by atoms with Gasteiger partial charge in [-0.25, -0.2) is 4.98 Å². The van der Waals surface area contributed by atoms with E-state index >= 15 is 0 Å². The first kappa shape index (κ1) is 10.2. The molecule has 0 unspecified atom stereocenters. The van der Waals surface area contributed by atoms with Gasteiger partial charge in [0.25, 0.3) is 5.56 Å². The van der Waals surface area contributed by atoms with E-state index in [2.05, 4.69) is 9.97 Å². The molecule has 2 rings (SSSR count). The van der Waals surface area contributed by atoms with Crippen LogP contribution in [0.25, 0.3) is 11.4 Å². The van der Waals surface area contributed by atoms with Gasteiger partial charge in [-0.15, -0.1) is 0 Å². The highest BCUT2D eigenvalue weighted by Crippen LogP contribution is 2.25. The summed E-state index contributed by atoms with van der Waals surface area (Å²) in [5, 5.41) is 0. The summed E-state index contributed by atoms with van der Waals surface area (Å²) in [5.74, 6) is 1.12. The van der Waals surface area contributed by atoms with Crippen LogP contribution in [-0.2, 0) is 0 Å². The molecule has 5 heteroatoms. The van der Waals surface area contributed by atoms with Crippen LogP contribution >= 0.6 is 0 Å². The van der Waals surface area contributed by atoms with E-state index in [1.165, 1.54) is 12.3 Å². The van der Waals surface area contributed by atoms with Crippen LogP contribution in [0, 0.1) is 0 Å². The Labute approximate surface area is 91.9 Å². The Bertz CT molecular complexity index is 563. The van der Waals surface area contributed by atoms with E-state index < -0.39 is 0 Å². The lowest BCUT2D eigenvalue weighted by atomic mass is 10.1. The molecule has 1 aromatic heterocycles. The number of anilines is 1. The van der Waals surface area contributed by atoms with Crippen molar-refractivity contribution in [3.63, 3.8) is 0 Å². The highest BCUT2D eigenvalue weighted by atomic mass is 16.5. The Hall–Kier alpha value is -2.30. The van der Waals surface area contributed by atoms with E-state index in [-0.39, 0.29) is 5.56 Å². The largest absolute Gasteiger partial charge is 0.497 e. The first-order valence-corrected chi connectivity index (χ1v) is 4.70. The summed E-state index contributed by atoms with van der Waals surface area (Å²) < 4.78 is 5.04. The van der Waals surface area contributed by atoms with E-state index in [0.717, 1.165) is 0 Å². The van der Waals surface area contributed by atoms with Crippen LogP contribution in [0.3, 0.4) is 0 Å². The molecule has 0 saturated carbocycles. The van der Waals surface area contributed by atoms with Crippen molar-refractivity contribution in [2.75, 3.05) is 12.8 Å². The first-order valence-electron chi connectivity index (χ1n) is 4.70. The predicted octanol–water partition coefficient (Wildman–Crippen LogP) is 1.03. The minimum atomic E-state index is -0.208. The van der Waals surface area contributed by atoms with E-state index in [4.69, 9.17) is 10.5 Å². The van der Waals surface area contributed by atoms with Gasteiger partial charge < -0.3 is 15.5 Å². The Morgan fingerprint density at radius 3 is 2.81 bits per heavy atom. The second-order valence-corrected chi connectivity index (χ2v) is 3.24. The van der Waals surface area contributed by atoms with Gasteiger partial charge in [0.15, 0.2) is 0 Å². The van der Waals surface area contributed by atoms with Gasteiger partial charge in [0.2, 0.25) is 0 Å². The number of methoxy groups -OCH3 is 1. The molecule has 0 bridgehead atoms. The van der Waals surface area contributed by atoms with E-state index in [9.17, 15) is 4.79 Å². The molecule has 0 aliphatic rings. The lowest BCUT2D eigenvalue weighted by Crippen LogP contribution is -2.06. The molecule has 1 heterocycles. The number of nitrogens with zero attached hydrogens (tertiary/aromatic N) is 1. The van der Waals surface area contributed by atoms with Crippen molar-refractivity contribution in [1.29, 1.82) is 0 Å². The summed E-state index contributed by atoms with van der Waals surface area (Å²) in [6.07, 6.45) is 1.44. The molecule has 0 spiro atoms. The van der Waals surface area contributed by atoms with Gasteiger partial charge in [-0.2, -0.15) is 0 Å². The van der Waals surface area contributed by atoms with Crippen LogP contribution < -0.4 is 16.0 Å². The first-order chi connectivity index (χ1) is 7.70. The molecule has 0 atom stereocenters. The molecule has 16 heavy (non-hydrogen) atoms. The van der Waals surface area contributed by atoms with Gasteiger partial charge in [0, 0.05) is 29.6 Å². The van der Waals surface area contributed by atoms with E-state index in [1.54, 1.807) is 25.3 Å². The predicted molar refractivity (Wildman–Crippen MR) is 61.3 cm³/mol. The highest BCUT2D eigenvalue weighted by Gasteiger charge is 2.05. The van der Waals surface area contributed by atoms with Crippen molar-refractivity contribution < 1.29 is 4.74 Å². The summed E-state index contributed by atoms with van der Waals surface area (Å²) in [6.45, 7) is 0. The van der Waals surface area contributed by atoms with Gasteiger partial charge in [-0.3, -0.25) is 4.79 Å². The summed E-state index contributed by atoms with van der Waals surface area (Å²) in [5.41, 5.74) is 6.82. The van der Waals surface area contributed by atoms with Gasteiger partial charge >= 0.3 is 0 Å². The molecule has 0 amide bonds. The number of nitrogens with one attached hydrogen (secondary N) is 1. The second-order valence-electron chi connectivity index (χ2n) is 3.24. The zero-order valence-electron chi connectivity index (χ0n) is 8.73. The Balaban J connectivity index is 2.52.